The first-order valence-electron chi connectivity index (χ1n) is 7.77. The lowest BCUT2D eigenvalue weighted by Crippen LogP contribution is -2.56. The van der Waals surface area contributed by atoms with Crippen molar-refractivity contribution in [2.24, 2.45) is 5.92 Å². The van der Waals surface area contributed by atoms with Gasteiger partial charge in [0.2, 0.25) is 5.91 Å². The van der Waals surface area contributed by atoms with Gasteiger partial charge >= 0.3 is 6.03 Å². The zero-order valence-electron chi connectivity index (χ0n) is 13.7. The Hall–Kier alpha value is -2.04. The maximum atomic E-state index is 12.1. The van der Waals surface area contributed by atoms with Crippen LogP contribution in [0.15, 0.2) is 12.1 Å². The number of aryl methyl sites for hydroxylation is 3. The van der Waals surface area contributed by atoms with E-state index in [0.29, 0.717) is 13.1 Å². The summed E-state index contributed by atoms with van der Waals surface area (Å²) in [5, 5.41) is 8.42. The van der Waals surface area contributed by atoms with Crippen molar-refractivity contribution in [3.63, 3.8) is 0 Å². The standard InChI is InChI=1S/C17H25N3O2/c1-10-7-12(3)14(13(4)8-10)9-19-17(22)20-15-11(2)5-6-18-16(15)21/h7-8,11,15H,5-6,9H2,1-4H3,(H,18,21)(H2,19,20,22). The third kappa shape index (κ3) is 3.78. The van der Waals surface area contributed by atoms with Crippen LogP contribution in [-0.2, 0) is 11.3 Å². The number of urea groups is 1. The minimum Gasteiger partial charge on any atom is -0.354 e. The lowest BCUT2D eigenvalue weighted by molar-refractivity contribution is -0.125. The molecule has 0 saturated carbocycles. The summed E-state index contributed by atoms with van der Waals surface area (Å²) in [4.78, 5) is 23.9. The molecule has 120 valence electrons. The molecule has 2 unspecified atom stereocenters. The van der Waals surface area contributed by atoms with Crippen molar-refractivity contribution in [3.8, 4) is 0 Å². The maximum absolute atomic E-state index is 12.1. The predicted molar refractivity (Wildman–Crippen MR) is 86.6 cm³/mol. The Morgan fingerprint density at radius 2 is 1.91 bits per heavy atom. The predicted octanol–water partition coefficient (Wildman–Crippen LogP) is 1.94. The van der Waals surface area contributed by atoms with E-state index < -0.39 is 6.04 Å². The Morgan fingerprint density at radius 1 is 1.27 bits per heavy atom. The highest BCUT2D eigenvalue weighted by Gasteiger charge is 2.29. The van der Waals surface area contributed by atoms with E-state index in [1.54, 1.807) is 0 Å². The summed E-state index contributed by atoms with van der Waals surface area (Å²) in [6.45, 7) is 9.29. The minimum atomic E-state index is -0.450. The molecule has 22 heavy (non-hydrogen) atoms. The highest BCUT2D eigenvalue weighted by atomic mass is 16.2. The zero-order valence-corrected chi connectivity index (χ0v) is 13.7. The van der Waals surface area contributed by atoms with E-state index >= 15 is 0 Å². The second-order valence-electron chi connectivity index (χ2n) is 6.24. The summed E-state index contributed by atoms with van der Waals surface area (Å²) < 4.78 is 0. The van der Waals surface area contributed by atoms with Gasteiger partial charge in [0.15, 0.2) is 0 Å². The second-order valence-corrected chi connectivity index (χ2v) is 6.24. The van der Waals surface area contributed by atoms with Gasteiger partial charge in [-0.2, -0.15) is 0 Å². The van der Waals surface area contributed by atoms with E-state index in [9.17, 15) is 9.59 Å². The summed E-state index contributed by atoms with van der Waals surface area (Å²) >= 11 is 0. The Morgan fingerprint density at radius 3 is 2.50 bits per heavy atom. The summed E-state index contributed by atoms with van der Waals surface area (Å²) in [6.07, 6.45) is 0.882. The Bertz CT molecular complexity index is 560. The summed E-state index contributed by atoms with van der Waals surface area (Å²) in [6, 6.07) is 3.47. The fourth-order valence-electron chi connectivity index (χ4n) is 3.02. The highest BCUT2D eigenvalue weighted by molar-refractivity contribution is 5.87. The molecule has 3 amide bonds. The van der Waals surface area contributed by atoms with Crippen LogP contribution in [0.5, 0.6) is 0 Å². The van der Waals surface area contributed by atoms with Crippen LogP contribution in [0.2, 0.25) is 0 Å². The normalized spacial score (nSPS) is 21.2. The fraction of sp³-hybridized carbons (Fsp3) is 0.529. The van der Waals surface area contributed by atoms with E-state index in [1.165, 1.54) is 16.7 Å². The number of piperidine rings is 1. The Kier molecular flexibility index (Phi) is 5.06. The number of carbonyl (C=O) groups excluding carboxylic acids is 2. The van der Waals surface area contributed by atoms with E-state index in [1.807, 2.05) is 20.8 Å². The molecular weight excluding hydrogens is 278 g/mol. The molecular formula is C17H25N3O2. The Balaban J connectivity index is 1.94. The van der Waals surface area contributed by atoms with Crippen LogP contribution in [0.3, 0.4) is 0 Å². The largest absolute Gasteiger partial charge is 0.354 e. The molecule has 1 saturated heterocycles. The van der Waals surface area contributed by atoms with Crippen LogP contribution in [0, 0.1) is 26.7 Å². The van der Waals surface area contributed by atoms with Gasteiger partial charge in [-0.3, -0.25) is 4.79 Å². The lowest BCUT2D eigenvalue weighted by atomic mass is 9.94. The number of nitrogens with one attached hydrogen (secondary N) is 3. The molecule has 1 aliphatic rings. The molecule has 1 aromatic carbocycles. The quantitative estimate of drug-likeness (QED) is 0.798. The number of hydrogen-bond acceptors (Lipinski definition) is 2. The third-order valence-corrected chi connectivity index (χ3v) is 4.30. The van der Waals surface area contributed by atoms with Crippen LogP contribution in [0.1, 0.15) is 35.6 Å². The first-order chi connectivity index (χ1) is 10.4. The molecule has 3 N–H and O–H groups in total. The lowest BCUT2D eigenvalue weighted by Gasteiger charge is -2.29. The van der Waals surface area contributed by atoms with Crippen molar-refractivity contribution in [1.82, 2.24) is 16.0 Å². The van der Waals surface area contributed by atoms with Crippen LogP contribution in [0.25, 0.3) is 0 Å². The number of rotatable bonds is 3. The molecule has 1 aromatic rings. The van der Waals surface area contributed by atoms with Gasteiger partial charge in [0.05, 0.1) is 0 Å². The number of hydrogen-bond donors (Lipinski definition) is 3. The van der Waals surface area contributed by atoms with Crippen molar-refractivity contribution in [2.75, 3.05) is 6.54 Å². The second kappa shape index (κ2) is 6.81. The van der Waals surface area contributed by atoms with Crippen molar-refractivity contribution >= 4 is 11.9 Å². The van der Waals surface area contributed by atoms with Crippen molar-refractivity contribution in [3.05, 3.63) is 34.4 Å². The average molecular weight is 303 g/mol. The van der Waals surface area contributed by atoms with Gasteiger partial charge in [-0.15, -0.1) is 0 Å². The van der Waals surface area contributed by atoms with E-state index in [4.69, 9.17) is 0 Å². The van der Waals surface area contributed by atoms with Crippen LogP contribution < -0.4 is 16.0 Å². The van der Waals surface area contributed by atoms with Gasteiger partial charge in [-0.1, -0.05) is 24.6 Å². The van der Waals surface area contributed by atoms with Crippen molar-refractivity contribution < 1.29 is 9.59 Å². The smallest absolute Gasteiger partial charge is 0.315 e. The molecule has 0 aliphatic carbocycles. The molecule has 1 fully saturated rings. The Labute approximate surface area is 131 Å². The minimum absolute atomic E-state index is 0.100. The number of amides is 3. The first kappa shape index (κ1) is 16.3. The van der Waals surface area contributed by atoms with Crippen molar-refractivity contribution in [1.29, 1.82) is 0 Å². The third-order valence-electron chi connectivity index (χ3n) is 4.30. The maximum Gasteiger partial charge on any atom is 0.315 e. The molecule has 0 aromatic heterocycles. The topological polar surface area (TPSA) is 70.2 Å². The monoisotopic (exact) mass is 303 g/mol. The molecule has 0 spiro atoms. The van der Waals surface area contributed by atoms with Crippen LogP contribution in [0.4, 0.5) is 4.79 Å². The van der Waals surface area contributed by atoms with E-state index in [0.717, 1.165) is 12.0 Å². The van der Waals surface area contributed by atoms with E-state index in [-0.39, 0.29) is 17.9 Å². The molecule has 2 rings (SSSR count). The van der Waals surface area contributed by atoms with Gasteiger partial charge in [-0.25, -0.2) is 4.79 Å². The van der Waals surface area contributed by atoms with E-state index in [2.05, 4.69) is 35.0 Å². The molecule has 1 aliphatic heterocycles. The summed E-state index contributed by atoms with van der Waals surface area (Å²) in [7, 11) is 0. The fourth-order valence-corrected chi connectivity index (χ4v) is 3.02. The molecule has 0 bridgehead atoms. The van der Waals surface area contributed by atoms with Gasteiger partial charge in [0.25, 0.3) is 0 Å². The molecule has 1 heterocycles. The summed E-state index contributed by atoms with van der Waals surface area (Å²) in [5.74, 6) is 0.0546. The average Bonchev–Trinajstić information content (AvgIpc) is 2.42. The molecule has 0 radical (unpaired) electrons. The molecule has 5 nitrogen and oxygen atoms in total. The van der Waals surface area contributed by atoms with Gasteiger partial charge in [0, 0.05) is 13.1 Å². The van der Waals surface area contributed by atoms with Gasteiger partial charge in [0.1, 0.15) is 6.04 Å². The van der Waals surface area contributed by atoms with Gasteiger partial charge < -0.3 is 16.0 Å². The van der Waals surface area contributed by atoms with Crippen LogP contribution in [-0.4, -0.2) is 24.5 Å². The zero-order chi connectivity index (χ0) is 16.3. The number of benzene rings is 1. The molecule has 5 heteroatoms. The van der Waals surface area contributed by atoms with Crippen LogP contribution >= 0.6 is 0 Å². The van der Waals surface area contributed by atoms with Crippen molar-refractivity contribution in [2.45, 2.75) is 46.7 Å². The SMILES string of the molecule is Cc1cc(C)c(CNC(=O)NC2C(=O)NCCC2C)c(C)c1. The van der Waals surface area contributed by atoms with Gasteiger partial charge in [-0.05, 0) is 49.8 Å². The highest BCUT2D eigenvalue weighted by Crippen LogP contribution is 2.16. The number of carbonyl (C=O) groups is 2. The molecule has 2 atom stereocenters. The summed E-state index contributed by atoms with van der Waals surface area (Å²) in [5.41, 5.74) is 4.68. The first-order valence-corrected chi connectivity index (χ1v) is 7.77.